The highest BCUT2D eigenvalue weighted by molar-refractivity contribution is 5.89. The molecule has 0 fully saturated rings. The fourth-order valence-electron chi connectivity index (χ4n) is 1.87. The predicted molar refractivity (Wildman–Crippen MR) is 81.5 cm³/mol. The van der Waals surface area contributed by atoms with E-state index in [2.05, 4.69) is 10.6 Å². The maximum atomic E-state index is 12.7. The fourth-order valence-corrected chi connectivity index (χ4v) is 1.87. The van der Waals surface area contributed by atoms with E-state index in [1.807, 2.05) is 24.3 Å². The third-order valence-electron chi connectivity index (χ3n) is 3.06. The normalized spacial score (nSPS) is 10.2. The molecule has 0 aliphatic heterocycles. The molecule has 2 aromatic rings. The molecule has 5 heteroatoms. The van der Waals surface area contributed by atoms with Crippen LogP contribution >= 0.6 is 0 Å². The maximum Gasteiger partial charge on any atom is 0.319 e. The first-order chi connectivity index (χ1) is 10.2. The minimum Gasteiger partial charge on any atom is -0.338 e. The summed E-state index contributed by atoms with van der Waals surface area (Å²) in [6.45, 7) is 0.961. The van der Waals surface area contributed by atoms with Crippen molar-refractivity contribution in [2.45, 2.75) is 13.0 Å². The molecule has 0 radical (unpaired) electrons. The van der Waals surface area contributed by atoms with Crippen LogP contribution in [0, 0.1) is 5.82 Å². The number of hydrogen-bond acceptors (Lipinski definition) is 2. The molecule has 110 valence electrons. The predicted octanol–water partition coefficient (Wildman–Crippen LogP) is 2.65. The van der Waals surface area contributed by atoms with E-state index >= 15 is 0 Å². The first-order valence-electron chi connectivity index (χ1n) is 6.75. The fraction of sp³-hybridized carbons (Fsp3) is 0.188. The third kappa shape index (κ3) is 4.89. The van der Waals surface area contributed by atoms with Gasteiger partial charge >= 0.3 is 6.03 Å². The number of nitrogens with one attached hydrogen (secondary N) is 2. The zero-order chi connectivity index (χ0) is 15.1. The van der Waals surface area contributed by atoms with Crippen molar-refractivity contribution in [3.05, 3.63) is 65.5 Å². The standard InChI is InChI=1S/C16H18FN3O/c17-14-5-1-12(2-6-14)9-10-19-16(21)20-15-7-3-13(11-18)4-8-15/h1-8H,9-11,18H2,(H2,19,20,21). The van der Waals surface area contributed by atoms with Gasteiger partial charge in [-0.2, -0.15) is 0 Å². The van der Waals surface area contributed by atoms with E-state index in [1.165, 1.54) is 12.1 Å². The molecule has 0 aromatic heterocycles. The van der Waals surface area contributed by atoms with E-state index in [4.69, 9.17) is 5.73 Å². The highest BCUT2D eigenvalue weighted by atomic mass is 19.1. The van der Waals surface area contributed by atoms with Gasteiger partial charge in [0.15, 0.2) is 0 Å². The average molecular weight is 287 g/mol. The van der Waals surface area contributed by atoms with Crippen molar-refractivity contribution >= 4 is 11.7 Å². The molecule has 4 N–H and O–H groups in total. The first kappa shape index (κ1) is 15.0. The zero-order valence-electron chi connectivity index (χ0n) is 11.6. The Morgan fingerprint density at radius 1 is 1.00 bits per heavy atom. The summed E-state index contributed by atoms with van der Waals surface area (Å²) in [5.74, 6) is -0.259. The second-order valence-corrected chi connectivity index (χ2v) is 4.66. The summed E-state index contributed by atoms with van der Waals surface area (Å²) in [5.41, 5.74) is 8.21. The lowest BCUT2D eigenvalue weighted by molar-refractivity contribution is 0.252. The second kappa shape index (κ2) is 7.40. The number of benzene rings is 2. The number of carbonyl (C=O) groups excluding carboxylic acids is 1. The van der Waals surface area contributed by atoms with Crippen molar-refractivity contribution in [2.24, 2.45) is 5.73 Å². The van der Waals surface area contributed by atoms with Crippen LogP contribution in [-0.2, 0) is 13.0 Å². The molecule has 21 heavy (non-hydrogen) atoms. The Hall–Kier alpha value is -2.40. The molecule has 2 aromatic carbocycles. The van der Waals surface area contributed by atoms with E-state index < -0.39 is 0 Å². The van der Waals surface area contributed by atoms with Crippen LogP contribution in [-0.4, -0.2) is 12.6 Å². The molecule has 4 nitrogen and oxygen atoms in total. The van der Waals surface area contributed by atoms with E-state index in [-0.39, 0.29) is 11.8 Å². The van der Waals surface area contributed by atoms with Gasteiger partial charge in [-0.15, -0.1) is 0 Å². The maximum absolute atomic E-state index is 12.7. The number of amides is 2. The van der Waals surface area contributed by atoms with Crippen LogP contribution in [0.3, 0.4) is 0 Å². The Bertz CT molecular complexity index is 581. The number of urea groups is 1. The highest BCUT2D eigenvalue weighted by Crippen LogP contribution is 2.08. The first-order valence-corrected chi connectivity index (χ1v) is 6.75. The lowest BCUT2D eigenvalue weighted by Gasteiger charge is -2.08. The molecule has 0 saturated heterocycles. The lowest BCUT2D eigenvalue weighted by atomic mass is 10.1. The topological polar surface area (TPSA) is 67.1 Å². The Morgan fingerprint density at radius 2 is 1.62 bits per heavy atom. The van der Waals surface area contributed by atoms with Crippen LogP contribution < -0.4 is 16.4 Å². The monoisotopic (exact) mass is 287 g/mol. The van der Waals surface area contributed by atoms with Gasteiger partial charge in [0.25, 0.3) is 0 Å². The number of halogens is 1. The van der Waals surface area contributed by atoms with E-state index in [1.54, 1.807) is 12.1 Å². The van der Waals surface area contributed by atoms with Crippen molar-refractivity contribution in [3.8, 4) is 0 Å². The molecular weight excluding hydrogens is 269 g/mol. The van der Waals surface area contributed by atoms with E-state index in [0.29, 0.717) is 25.2 Å². The number of hydrogen-bond donors (Lipinski definition) is 3. The smallest absolute Gasteiger partial charge is 0.319 e. The van der Waals surface area contributed by atoms with Gasteiger partial charge in [0.2, 0.25) is 0 Å². The largest absolute Gasteiger partial charge is 0.338 e. The average Bonchev–Trinajstić information content (AvgIpc) is 2.50. The molecule has 0 aliphatic carbocycles. The van der Waals surface area contributed by atoms with Gasteiger partial charge in [0, 0.05) is 18.8 Å². The molecular formula is C16H18FN3O. The minimum atomic E-state index is -0.266. The molecule has 0 atom stereocenters. The Kier molecular flexibility index (Phi) is 5.29. The van der Waals surface area contributed by atoms with Crippen molar-refractivity contribution in [1.82, 2.24) is 5.32 Å². The Labute approximate surface area is 123 Å². The SMILES string of the molecule is NCc1ccc(NC(=O)NCCc2ccc(F)cc2)cc1. The summed E-state index contributed by atoms with van der Waals surface area (Å²) < 4.78 is 12.7. The summed E-state index contributed by atoms with van der Waals surface area (Å²) >= 11 is 0. The van der Waals surface area contributed by atoms with Crippen LogP contribution in [0.1, 0.15) is 11.1 Å². The van der Waals surface area contributed by atoms with Crippen molar-refractivity contribution in [3.63, 3.8) is 0 Å². The molecule has 0 aliphatic rings. The van der Waals surface area contributed by atoms with Crippen LogP contribution in [0.15, 0.2) is 48.5 Å². The quantitative estimate of drug-likeness (QED) is 0.791. The number of carbonyl (C=O) groups is 1. The summed E-state index contributed by atoms with van der Waals surface area (Å²) in [4.78, 5) is 11.7. The number of anilines is 1. The number of nitrogens with two attached hydrogens (primary N) is 1. The molecule has 0 heterocycles. The van der Waals surface area contributed by atoms with E-state index in [0.717, 1.165) is 11.1 Å². The minimum absolute atomic E-state index is 0.259. The summed E-state index contributed by atoms with van der Waals surface area (Å²) in [6, 6.07) is 13.3. The second-order valence-electron chi connectivity index (χ2n) is 4.66. The summed E-state index contributed by atoms with van der Waals surface area (Å²) in [5, 5.41) is 5.49. The molecule has 0 unspecified atom stereocenters. The molecule has 2 amide bonds. The Morgan fingerprint density at radius 3 is 2.24 bits per heavy atom. The lowest BCUT2D eigenvalue weighted by Crippen LogP contribution is -2.30. The Balaban J connectivity index is 1.75. The number of rotatable bonds is 5. The third-order valence-corrected chi connectivity index (χ3v) is 3.06. The van der Waals surface area contributed by atoms with Gasteiger partial charge in [0.05, 0.1) is 0 Å². The summed E-state index contributed by atoms with van der Waals surface area (Å²) in [7, 11) is 0. The molecule has 0 bridgehead atoms. The van der Waals surface area contributed by atoms with Crippen LogP contribution in [0.5, 0.6) is 0 Å². The van der Waals surface area contributed by atoms with Gasteiger partial charge in [-0.1, -0.05) is 24.3 Å². The van der Waals surface area contributed by atoms with E-state index in [9.17, 15) is 9.18 Å². The molecule has 2 rings (SSSR count). The van der Waals surface area contributed by atoms with Crippen LogP contribution in [0.25, 0.3) is 0 Å². The van der Waals surface area contributed by atoms with Gasteiger partial charge in [0.1, 0.15) is 5.82 Å². The molecule has 0 saturated carbocycles. The van der Waals surface area contributed by atoms with Gasteiger partial charge in [-0.05, 0) is 41.8 Å². The zero-order valence-corrected chi connectivity index (χ0v) is 11.6. The van der Waals surface area contributed by atoms with Crippen LogP contribution in [0.2, 0.25) is 0 Å². The summed E-state index contributed by atoms with van der Waals surface area (Å²) in [6.07, 6.45) is 0.653. The van der Waals surface area contributed by atoms with Gasteiger partial charge < -0.3 is 16.4 Å². The van der Waals surface area contributed by atoms with Gasteiger partial charge in [-0.25, -0.2) is 9.18 Å². The van der Waals surface area contributed by atoms with Crippen molar-refractivity contribution < 1.29 is 9.18 Å². The highest BCUT2D eigenvalue weighted by Gasteiger charge is 2.01. The van der Waals surface area contributed by atoms with Gasteiger partial charge in [-0.3, -0.25) is 0 Å². The van der Waals surface area contributed by atoms with Crippen molar-refractivity contribution in [2.75, 3.05) is 11.9 Å². The van der Waals surface area contributed by atoms with Crippen molar-refractivity contribution in [1.29, 1.82) is 0 Å². The molecule has 0 spiro atoms. The van der Waals surface area contributed by atoms with Crippen LogP contribution in [0.4, 0.5) is 14.9 Å².